The lowest BCUT2D eigenvalue weighted by Crippen LogP contribution is -2.30. The molecule has 0 saturated carbocycles. The van der Waals surface area contributed by atoms with Crippen molar-refractivity contribution in [2.75, 3.05) is 13.2 Å². The maximum absolute atomic E-state index is 12.9. The van der Waals surface area contributed by atoms with Crippen LogP contribution >= 0.6 is 0 Å². The Balaban J connectivity index is 4.39. The maximum atomic E-state index is 12.9. The molecule has 0 radical (unpaired) electrons. The first-order valence-corrected chi connectivity index (χ1v) is 31.8. The average molecular weight is 1020 g/mol. The van der Waals surface area contributed by atoms with E-state index in [-0.39, 0.29) is 31.1 Å². The number of allylic oxidation sites excluding steroid dienone is 10. The van der Waals surface area contributed by atoms with Gasteiger partial charge in [-0.3, -0.25) is 14.4 Å². The van der Waals surface area contributed by atoms with Gasteiger partial charge in [0.2, 0.25) is 0 Å². The van der Waals surface area contributed by atoms with E-state index in [2.05, 4.69) is 81.5 Å². The Morgan fingerprint density at radius 1 is 0.274 bits per heavy atom. The van der Waals surface area contributed by atoms with Crippen LogP contribution in [-0.2, 0) is 28.6 Å². The van der Waals surface area contributed by atoms with Gasteiger partial charge in [0.25, 0.3) is 0 Å². The molecule has 0 spiro atoms. The monoisotopic (exact) mass is 1020 g/mol. The van der Waals surface area contributed by atoms with Crippen LogP contribution in [0.5, 0.6) is 0 Å². The third-order valence-corrected chi connectivity index (χ3v) is 14.0. The molecular formula is C67H120O6. The molecular weight excluding hydrogens is 901 g/mol. The minimum atomic E-state index is -0.794. The fraction of sp³-hybridized carbons (Fsp3) is 0.806. The predicted molar refractivity (Wildman–Crippen MR) is 316 cm³/mol. The molecule has 6 nitrogen and oxygen atoms in total. The van der Waals surface area contributed by atoms with Gasteiger partial charge in [-0.25, -0.2) is 0 Å². The van der Waals surface area contributed by atoms with Gasteiger partial charge in [-0.1, -0.05) is 281 Å². The van der Waals surface area contributed by atoms with E-state index in [9.17, 15) is 14.4 Å². The van der Waals surface area contributed by atoms with E-state index in [1.165, 1.54) is 199 Å². The van der Waals surface area contributed by atoms with Crippen LogP contribution in [0.15, 0.2) is 60.8 Å². The average Bonchev–Trinajstić information content (AvgIpc) is 3.39. The lowest BCUT2D eigenvalue weighted by atomic mass is 10.0. The van der Waals surface area contributed by atoms with E-state index in [1.54, 1.807) is 0 Å². The van der Waals surface area contributed by atoms with Crippen molar-refractivity contribution in [2.45, 2.75) is 335 Å². The van der Waals surface area contributed by atoms with Gasteiger partial charge in [0.15, 0.2) is 6.10 Å². The summed E-state index contributed by atoms with van der Waals surface area (Å²) in [4.78, 5) is 38.3. The molecule has 6 heteroatoms. The zero-order valence-corrected chi connectivity index (χ0v) is 48.7. The van der Waals surface area contributed by atoms with Crippen molar-refractivity contribution in [3.8, 4) is 0 Å². The Bertz CT molecular complexity index is 1310. The standard InChI is InChI=1S/C67H120O6/c1-4-7-10-13-16-19-22-25-28-30-32-33-35-36-39-42-45-48-51-54-57-60-66(69)72-63-64(62-71-65(68)59-56-53-50-47-44-41-38-27-24-21-18-15-12-9-6-3)73-67(70)61-58-55-52-49-46-43-40-37-34-31-29-26-23-20-17-14-11-8-5-2/h17,20,26-27,29,34,37-38,43,46,64H,4-16,18-19,21-25,28,30-33,35-36,39-42,44-45,47-63H2,1-3H3/b20-17-,29-26-,37-34-,38-27-,46-43-/t64-/m1/s1. The molecule has 1 atom stereocenters. The summed E-state index contributed by atoms with van der Waals surface area (Å²) in [6, 6.07) is 0. The van der Waals surface area contributed by atoms with Gasteiger partial charge < -0.3 is 14.2 Å². The number of rotatable bonds is 58. The summed E-state index contributed by atoms with van der Waals surface area (Å²) >= 11 is 0. The van der Waals surface area contributed by atoms with Crippen LogP contribution < -0.4 is 0 Å². The highest BCUT2D eigenvalue weighted by atomic mass is 16.6. The van der Waals surface area contributed by atoms with Crippen molar-refractivity contribution in [2.24, 2.45) is 0 Å². The second kappa shape index (κ2) is 61.7. The van der Waals surface area contributed by atoms with Crippen molar-refractivity contribution >= 4 is 17.9 Å². The highest BCUT2D eigenvalue weighted by molar-refractivity contribution is 5.71. The molecule has 0 heterocycles. The van der Waals surface area contributed by atoms with Crippen molar-refractivity contribution < 1.29 is 28.6 Å². The van der Waals surface area contributed by atoms with E-state index in [1.807, 2.05) is 0 Å². The molecule has 424 valence electrons. The molecule has 0 N–H and O–H groups in total. The Morgan fingerprint density at radius 2 is 0.493 bits per heavy atom. The zero-order valence-electron chi connectivity index (χ0n) is 48.7. The number of esters is 3. The first-order chi connectivity index (χ1) is 36.0. The molecule has 0 bridgehead atoms. The number of hydrogen-bond acceptors (Lipinski definition) is 6. The van der Waals surface area contributed by atoms with Gasteiger partial charge in [0.05, 0.1) is 0 Å². The molecule has 0 aromatic heterocycles. The van der Waals surface area contributed by atoms with Crippen molar-refractivity contribution in [3.63, 3.8) is 0 Å². The Labute approximate surface area is 453 Å². The summed E-state index contributed by atoms with van der Waals surface area (Å²) in [7, 11) is 0. The summed E-state index contributed by atoms with van der Waals surface area (Å²) in [5.74, 6) is -0.909. The zero-order chi connectivity index (χ0) is 52.9. The van der Waals surface area contributed by atoms with Crippen LogP contribution in [0.25, 0.3) is 0 Å². The summed E-state index contributed by atoms with van der Waals surface area (Å²) in [5.41, 5.74) is 0. The molecule has 0 aliphatic carbocycles. The van der Waals surface area contributed by atoms with Crippen LogP contribution in [-0.4, -0.2) is 37.2 Å². The molecule has 0 aliphatic heterocycles. The fourth-order valence-corrected chi connectivity index (χ4v) is 9.19. The number of ether oxygens (including phenoxy) is 3. The fourth-order valence-electron chi connectivity index (χ4n) is 9.19. The van der Waals surface area contributed by atoms with Gasteiger partial charge in [0, 0.05) is 19.3 Å². The third kappa shape index (κ3) is 59.9. The molecule has 0 aromatic rings. The van der Waals surface area contributed by atoms with Crippen LogP contribution in [0.3, 0.4) is 0 Å². The lowest BCUT2D eigenvalue weighted by molar-refractivity contribution is -0.167. The summed E-state index contributed by atoms with van der Waals surface area (Å²) in [6.07, 6.45) is 77.9. The second-order valence-electron chi connectivity index (χ2n) is 21.3. The largest absolute Gasteiger partial charge is 0.462 e. The van der Waals surface area contributed by atoms with Crippen molar-refractivity contribution in [1.29, 1.82) is 0 Å². The molecule has 0 fully saturated rings. The van der Waals surface area contributed by atoms with Crippen molar-refractivity contribution in [3.05, 3.63) is 60.8 Å². The molecule has 0 rings (SSSR count). The van der Waals surface area contributed by atoms with Gasteiger partial charge in [-0.2, -0.15) is 0 Å². The smallest absolute Gasteiger partial charge is 0.306 e. The predicted octanol–water partition coefficient (Wildman–Crippen LogP) is 21.6. The molecule has 0 aromatic carbocycles. The van der Waals surface area contributed by atoms with E-state index < -0.39 is 6.10 Å². The Morgan fingerprint density at radius 3 is 0.822 bits per heavy atom. The van der Waals surface area contributed by atoms with Gasteiger partial charge in [-0.05, 0) is 89.9 Å². The highest BCUT2D eigenvalue weighted by Gasteiger charge is 2.19. The topological polar surface area (TPSA) is 78.9 Å². The molecule has 73 heavy (non-hydrogen) atoms. The van der Waals surface area contributed by atoms with E-state index >= 15 is 0 Å². The van der Waals surface area contributed by atoms with E-state index in [4.69, 9.17) is 14.2 Å². The van der Waals surface area contributed by atoms with E-state index in [0.717, 1.165) is 89.9 Å². The molecule has 0 unspecified atom stereocenters. The number of carbonyl (C=O) groups is 3. The van der Waals surface area contributed by atoms with Crippen LogP contribution in [0, 0.1) is 0 Å². The Hall–Kier alpha value is -2.89. The number of hydrogen-bond donors (Lipinski definition) is 0. The quantitative estimate of drug-likeness (QED) is 0.0261. The molecule has 0 amide bonds. The SMILES string of the molecule is CCCCC/C=C\C/C=C\C/C=C\C/C=C\CCCCCC(=O)O[C@H](COC(=O)CCCCCCC/C=C\CCCCCCCC)COC(=O)CCCCCCCCCCCCCCCCCCCCCCC. The first kappa shape index (κ1) is 70.1. The number of unbranched alkanes of at least 4 members (excludes halogenated alkanes) is 37. The first-order valence-electron chi connectivity index (χ1n) is 31.8. The Kier molecular flexibility index (Phi) is 59.2. The minimum absolute atomic E-state index is 0.0867. The minimum Gasteiger partial charge on any atom is -0.462 e. The third-order valence-electron chi connectivity index (χ3n) is 14.0. The summed E-state index contributed by atoms with van der Waals surface area (Å²) < 4.78 is 16.9. The summed E-state index contributed by atoms with van der Waals surface area (Å²) in [5, 5.41) is 0. The van der Waals surface area contributed by atoms with Crippen LogP contribution in [0.4, 0.5) is 0 Å². The normalized spacial score (nSPS) is 12.4. The highest BCUT2D eigenvalue weighted by Crippen LogP contribution is 2.17. The van der Waals surface area contributed by atoms with E-state index in [0.29, 0.717) is 19.3 Å². The number of carbonyl (C=O) groups excluding carboxylic acids is 3. The van der Waals surface area contributed by atoms with Gasteiger partial charge in [0.1, 0.15) is 13.2 Å². The van der Waals surface area contributed by atoms with Gasteiger partial charge >= 0.3 is 17.9 Å². The molecule has 0 aliphatic rings. The van der Waals surface area contributed by atoms with Crippen LogP contribution in [0.2, 0.25) is 0 Å². The summed E-state index contributed by atoms with van der Waals surface area (Å²) in [6.45, 7) is 6.62. The maximum Gasteiger partial charge on any atom is 0.306 e. The van der Waals surface area contributed by atoms with Crippen molar-refractivity contribution in [1.82, 2.24) is 0 Å². The second-order valence-corrected chi connectivity index (χ2v) is 21.3. The van der Waals surface area contributed by atoms with Crippen LogP contribution in [0.1, 0.15) is 329 Å². The van der Waals surface area contributed by atoms with Gasteiger partial charge in [-0.15, -0.1) is 0 Å². The molecule has 0 saturated heterocycles. The lowest BCUT2D eigenvalue weighted by Gasteiger charge is -2.18.